The maximum Gasteiger partial charge on any atom is 0.352 e. The van der Waals surface area contributed by atoms with Gasteiger partial charge in [-0.1, -0.05) is 16.9 Å². The summed E-state index contributed by atoms with van der Waals surface area (Å²) in [5.74, 6) is -3.02. The Morgan fingerprint density at radius 3 is 2.79 bits per heavy atom. The molecule has 2 aromatic rings. The van der Waals surface area contributed by atoms with Gasteiger partial charge in [-0.15, -0.1) is 34.7 Å². The molecular formula is C20H19ClN8O7S3. The summed E-state index contributed by atoms with van der Waals surface area (Å²) < 4.78 is 1.39. The number of nitrogens with one attached hydrogen (secondary N) is 2. The van der Waals surface area contributed by atoms with Crippen molar-refractivity contribution in [2.24, 2.45) is 12.2 Å². The van der Waals surface area contributed by atoms with Crippen molar-refractivity contribution in [3.8, 4) is 0 Å². The topological polar surface area (TPSA) is 198 Å². The van der Waals surface area contributed by atoms with Crippen molar-refractivity contribution >= 4 is 81.0 Å². The predicted molar refractivity (Wildman–Crippen MR) is 143 cm³/mol. The second-order valence-corrected chi connectivity index (χ2v) is 10.9. The van der Waals surface area contributed by atoms with E-state index in [1.54, 1.807) is 7.05 Å². The van der Waals surface area contributed by atoms with E-state index in [2.05, 4.69) is 30.9 Å². The number of halogens is 1. The molecule has 2 aliphatic rings. The number of carboxylic acids is 1. The second kappa shape index (κ2) is 12.1. The van der Waals surface area contributed by atoms with Gasteiger partial charge in [-0.3, -0.25) is 24.1 Å². The normalized spacial score (nSPS) is 18.8. The number of aliphatic carboxylic acids is 1. The van der Waals surface area contributed by atoms with Crippen molar-refractivity contribution in [1.82, 2.24) is 30.0 Å². The molecule has 1 fully saturated rings. The maximum atomic E-state index is 13.0. The molecule has 39 heavy (non-hydrogen) atoms. The van der Waals surface area contributed by atoms with Gasteiger partial charge in [-0.25, -0.2) is 14.5 Å². The van der Waals surface area contributed by atoms with Gasteiger partial charge in [-0.2, -0.15) is 10.1 Å². The van der Waals surface area contributed by atoms with Gasteiger partial charge in [0.2, 0.25) is 5.91 Å². The number of aryl methyl sites for hydroxylation is 1. The highest BCUT2D eigenvalue weighted by Gasteiger charge is 2.54. The summed E-state index contributed by atoms with van der Waals surface area (Å²) in [6.45, 7) is 0. The fourth-order valence-electron chi connectivity index (χ4n) is 3.55. The van der Waals surface area contributed by atoms with Gasteiger partial charge < -0.3 is 20.6 Å². The van der Waals surface area contributed by atoms with E-state index in [0.717, 1.165) is 34.2 Å². The van der Waals surface area contributed by atoms with Crippen LogP contribution >= 0.6 is 46.5 Å². The number of thioether (sulfide) groups is 2. The third-order valence-corrected chi connectivity index (χ3v) is 8.69. The molecule has 0 spiro atoms. The molecular weight excluding hydrogens is 596 g/mol. The molecule has 3 amide bonds. The molecule has 0 radical (unpaired) electrons. The zero-order valence-electron chi connectivity index (χ0n) is 20.1. The third-order valence-electron chi connectivity index (χ3n) is 5.25. The van der Waals surface area contributed by atoms with Crippen molar-refractivity contribution < 1.29 is 29.1 Å². The SMILES string of the molecule is CON=C(C(=O)N[C@@H]1C(=O)N2C(C(=O)O)=C(CSc3nc(=O)cnn3C)CS[C@H]12)c1csc(NC(=O)CCl)n1. The molecule has 3 N–H and O–H groups in total. The number of oxime groups is 1. The molecule has 19 heteroatoms. The standard InChI is InChI=1S/C20H19ClN8O7S3/c1-28-20(25-11(31)4-22-28)39-6-8-5-37-17-13(16(33)29(17)14(8)18(34)35)26-15(32)12(27-36-2)9-7-38-19(23-9)24-10(30)3-21/h4,7,13,17H,3,5-6H2,1-2H3,(H,26,32)(H,34,35)(H,23,24,30)/t13-,17-/m1/s1. The zero-order chi connectivity index (χ0) is 28.3. The largest absolute Gasteiger partial charge is 0.477 e. The molecule has 2 aromatic heterocycles. The molecule has 4 rings (SSSR count). The Hall–Kier alpha value is -3.48. The molecule has 2 atom stereocenters. The summed E-state index contributed by atoms with van der Waals surface area (Å²) in [6.07, 6.45) is 1.07. The van der Waals surface area contributed by atoms with Gasteiger partial charge in [0.25, 0.3) is 17.4 Å². The number of carbonyl (C=O) groups is 4. The number of β-lactam (4-membered cyclic amide) rings is 1. The Morgan fingerprint density at radius 2 is 2.10 bits per heavy atom. The van der Waals surface area contributed by atoms with Crippen LogP contribution in [0.1, 0.15) is 5.69 Å². The molecule has 0 aliphatic carbocycles. The number of anilines is 1. The van der Waals surface area contributed by atoms with E-state index in [-0.39, 0.29) is 39.6 Å². The number of rotatable bonds is 10. The van der Waals surface area contributed by atoms with E-state index >= 15 is 0 Å². The molecule has 0 aromatic carbocycles. The monoisotopic (exact) mass is 614 g/mol. The minimum Gasteiger partial charge on any atom is -0.477 e. The quantitative estimate of drug-likeness (QED) is 0.104. The minimum atomic E-state index is -1.29. The Balaban J connectivity index is 1.48. The summed E-state index contributed by atoms with van der Waals surface area (Å²) >= 11 is 8.91. The van der Waals surface area contributed by atoms with Crippen LogP contribution in [0.5, 0.6) is 0 Å². The lowest BCUT2D eigenvalue weighted by Gasteiger charge is -2.49. The molecule has 4 heterocycles. The Labute approximate surface area is 237 Å². The fraction of sp³-hybridized carbons (Fsp3) is 0.350. The smallest absolute Gasteiger partial charge is 0.352 e. The Morgan fingerprint density at radius 1 is 1.33 bits per heavy atom. The fourth-order valence-corrected chi connectivity index (χ4v) is 6.73. The van der Waals surface area contributed by atoms with E-state index < -0.39 is 40.7 Å². The lowest BCUT2D eigenvalue weighted by Crippen LogP contribution is -2.71. The highest BCUT2D eigenvalue weighted by atomic mass is 35.5. The Bertz CT molecular complexity index is 1460. The van der Waals surface area contributed by atoms with Crippen molar-refractivity contribution in [3.05, 3.63) is 38.9 Å². The molecule has 1 saturated heterocycles. The number of amides is 3. The van der Waals surface area contributed by atoms with Crippen LogP contribution in [0.3, 0.4) is 0 Å². The van der Waals surface area contributed by atoms with Crippen LogP contribution in [0.2, 0.25) is 0 Å². The number of hydrogen-bond donors (Lipinski definition) is 3. The first-order chi connectivity index (χ1) is 18.6. The van der Waals surface area contributed by atoms with Crippen molar-refractivity contribution in [3.63, 3.8) is 0 Å². The second-order valence-electron chi connectivity index (χ2n) is 7.75. The number of hydrogen-bond acceptors (Lipinski definition) is 13. The number of carbonyl (C=O) groups excluding carboxylic acids is 3. The first-order valence-corrected chi connectivity index (χ1v) is 14.3. The van der Waals surface area contributed by atoms with Crippen LogP contribution in [0, 0.1) is 0 Å². The molecule has 2 aliphatic heterocycles. The van der Waals surface area contributed by atoms with E-state index in [1.165, 1.54) is 28.9 Å². The third kappa shape index (κ3) is 6.07. The average molecular weight is 615 g/mol. The lowest BCUT2D eigenvalue weighted by molar-refractivity contribution is -0.150. The first kappa shape index (κ1) is 28.5. The predicted octanol–water partition coefficient (Wildman–Crippen LogP) is -0.309. The van der Waals surface area contributed by atoms with E-state index in [4.69, 9.17) is 16.4 Å². The number of alkyl halides is 1. The molecule has 206 valence electrons. The van der Waals surface area contributed by atoms with Gasteiger partial charge in [0, 0.05) is 23.9 Å². The van der Waals surface area contributed by atoms with Crippen LogP contribution in [-0.4, -0.2) is 95.1 Å². The summed E-state index contributed by atoms with van der Waals surface area (Å²) in [5.41, 5.74) is -0.398. The van der Waals surface area contributed by atoms with Crippen molar-refractivity contribution in [2.45, 2.75) is 16.6 Å². The van der Waals surface area contributed by atoms with Crippen LogP contribution in [0.4, 0.5) is 5.13 Å². The number of aromatic nitrogens is 4. The van der Waals surface area contributed by atoms with Crippen LogP contribution < -0.4 is 16.2 Å². The van der Waals surface area contributed by atoms with Gasteiger partial charge in [0.15, 0.2) is 16.0 Å². The molecule has 15 nitrogen and oxygen atoms in total. The Kier molecular flexibility index (Phi) is 8.88. The summed E-state index contributed by atoms with van der Waals surface area (Å²) in [4.78, 5) is 75.1. The van der Waals surface area contributed by atoms with Gasteiger partial charge in [0.1, 0.15) is 42.0 Å². The first-order valence-electron chi connectivity index (χ1n) is 10.8. The van der Waals surface area contributed by atoms with E-state index in [0.29, 0.717) is 10.7 Å². The van der Waals surface area contributed by atoms with E-state index in [1.807, 2.05) is 0 Å². The van der Waals surface area contributed by atoms with E-state index in [9.17, 15) is 29.1 Å². The van der Waals surface area contributed by atoms with Crippen LogP contribution in [0.25, 0.3) is 0 Å². The van der Waals surface area contributed by atoms with Crippen LogP contribution in [0.15, 0.2) is 38.0 Å². The van der Waals surface area contributed by atoms with Crippen molar-refractivity contribution in [1.29, 1.82) is 0 Å². The number of fused-ring (bicyclic) bond motifs is 1. The number of thiazole rings is 1. The van der Waals surface area contributed by atoms with Gasteiger partial charge >= 0.3 is 5.97 Å². The summed E-state index contributed by atoms with van der Waals surface area (Å²) in [7, 11) is 2.83. The van der Waals surface area contributed by atoms with Crippen molar-refractivity contribution in [2.75, 3.05) is 29.8 Å². The summed E-state index contributed by atoms with van der Waals surface area (Å²) in [5, 5.41) is 23.8. The van der Waals surface area contributed by atoms with Crippen LogP contribution in [-0.2, 0) is 31.1 Å². The molecule has 0 bridgehead atoms. The molecule has 0 saturated carbocycles. The molecule has 0 unspecified atom stereocenters. The van der Waals surface area contributed by atoms with Gasteiger partial charge in [0.05, 0.1) is 0 Å². The average Bonchev–Trinajstić information content (AvgIpc) is 3.37. The number of nitrogens with zero attached hydrogens (tertiary/aromatic N) is 6. The lowest BCUT2D eigenvalue weighted by atomic mass is 10.0. The summed E-state index contributed by atoms with van der Waals surface area (Å²) in [6, 6.07) is -1.03. The highest BCUT2D eigenvalue weighted by molar-refractivity contribution is 8.01. The number of carboxylic acid groups (broad SMARTS) is 1. The maximum absolute atomic E-state index is 13.0. The van der Waals surface area contributed by atoms with Gasteiger partial charge in [-0.05, 0) is 5.57 Å². The zero-order valence-corrected chi connectivity index (χ0v) is 23.3. The highest BCUT2D eigenvalue weighted by Crippen LogP contribution is 2.41. The minimum absolute atomic E-state index is 0.0907.